The number of terminal acetylenes is 1. The molecule has 0 aromatic heterocycles. The summed E-state index contributed by atoms with van der Waals surface area (Å²) >= 11 is 0. The maximum absolute atomic E-state index is 11.7. The lowest BCUT2D eigenvalue weighted by Crippen LogP contribution is -2.42. The van der Waals surface area contributed by atoms with Crippen LogP contribution in [0, 0.1) is 18.3 Å². The molecule has 4 nitrogen and oxygen atoms in total. The molecule has 0 aliphatic carbocycles. The Kier molecular flexibility index (Phi) is 4.84. The highest BCUT2D eigenvalue weighted by Crippen LogP contribution is 2.18. The van der Waals surface area contributed by atoms with Crippen molar-refractivity contribution in [1.29, 1.82) is 0 Å². The lowest BCUT2D eigenvalue weighted by Gasteiger charge is -2.31. The minimum atomic E-state index is -0.227. The maximum Gasteiger partial charge on any atom is 0.310 e. The number of esters is 1. The van der Waals surface area contributed by atoms with Gasteiger partial charge >= 0.3 is 5.97 Å². The van der Waals surface area contributed by atoms with Gasteiger partial charge in [-0.15, -0.1) is 12.3 Å². The summed E-state index contributed by atoms with van der Waals surface area (Å²) in [7, 11) is 1.38. The van der Waals surface area contributed by atoms with Crippen LogP contribution in [0.15, 0.2) is 0 Å². The fraction of sp³-hybridized carbons (Fsp3) is 0.667. The number of carbonyl (C=O) groups excluding carboxylic acids is 2. The second kappa shape index (κ2) is 6.16. The minimum Gasteiger partial charge on any atom is -0.469 e. The Balaban J connectivity index is 2.47. The van der Waals surface area contributed by atoms with Gasteiger partial charge in [-0.1, -0.05) is 0 Å². The average Bonchev–Trinajstić information content (AvgIpc) is 2.35. The Bertz CT molecular complexity index is 306. The Morgan fingerprint density at radius 3 is 2.94 bits per heavy atom. The summed E-state index contributed by atoms with van der Waals surface area (Å²) in [5.41, 5.74) is 0. The monoisotopic (exact) mass is 223 g/mol. The number of likely N-dealkylation sites (tertiary alicyclic amines) is 1. The molecule has 1 aliphatic rings. The summed E-state index contributed by atoms with van der Waals surface area (Å²) in [6, 6.07) is 0. The van der Waals surface area contributed by atoms with Crippen molar-refractivity contribution < 1.29 is 14.3 Å². The smallest absolute Gasteiger partial charge is 0.310 e. The molecule has 1 amide bonds. The van der Waals surface area contributed by atoms with Gasteiger partial charge in [-0.05, 0) is 12.8 Å². The second-order valence-corrected chi connectivity index (χ2v) is 3.91. The van der Waals surface area contributed by atoms with E-state index in [1.807, 2.05) is 0 Å². The molecular weight excluding hydrogens is 206 g/mol. The van der Waals surface area contributed by atoms with Crippen molar-refractivity contribution in [3.63, 3.8) is 0 Å². The number of carbonyl (C=O) groups is 2. The third kappa shape index (κ3) is 3.27. The molecule has 88 valence electrons. The summed E-state index contributed by atoms with van der Waals surface area (Å²) in [6.45, 7) is 1.19. The van der Waals surface area contributed by atoms with Crippen LogP contribution >= 0.6 is 0 Å². The van der Waals surface area contributed by atoms with E-state index in [1.165, 1.54) is 7.11 Å². The van der Waals surface area contributed by atoms with E-state index in [0.717, 1.165) is 19.4 Å². The van der Waals surface area contributed by atoms with Gasteiger partial charge in [0, 0.05) is 25.9 Å². The van der Waals surface area contributed by atoms with Crippen LogP contribution in [-0.2, 0) is 14.3 Å². The van der Waals surface area contributed by atoms with E-state index < -0.39 is 0 Å². The van der Waals surface area contributed by atoms with E-state index in [0.29, 0.717) is 19.4 Å². The zero-order valence-corrected chi connectivity index (χ0v) is 9.57. The van der Waals surface area contributed by atoms with Crippen molar-refractivity contribution in [1.82, 2.24) is 4.90 Å². The third-order valence-electron chi connectivity index (χ3n) is 2.79. The highest BCUT2D eigenvalue weighted by Gasteiger charge is 2.28. The Hall–Kier alpha value is -1.50. The van der Waals surface area contributed by atoms with E-state index in [4.69, 9.17) is 6.42 Å². The first-order valence-electron chi connectivity index (χ1n) is 5.48. The van der Waals surface area contributed by atoms with Gasteiger partial charge in [-0.2, -0.15) is 0 Å². The molecule has 1 rings (SSSR count). The van der Waals surface area contributed by atoms with Crippen LogP contribution in [0.25, 0.3) is 0 Å². The Labute approximate surface area is 95.9 Å². The van der Waals surface area contributed by atoms with Gasteiger partial charge in [-0.3, -0.25) is 9.59 Å². The van der Waals surface area contributed by atoms with Gasteiger partial charge in [0.05, 0.1) is 13.0 Å². The van der Waals surface area contributed by atoms with Crippen molar-refractivity contribution in [2.45, 2.75) is 25.7 Å². The zero-order valence-electron chi connectivity index (χ0n) is 9.57. The average molecular weight is 223 g/mol. The number of methoxy groups -OCH3 is 1. The first-order chi connectivity index (χ1) is 7.69. The predicted molar refractivity (Wildman–Crippen MR) is 59.4 cm³/mol. The number of hydrogen-bond acceptors (Lipinski definition) is 3. The Morgan fingerprint density at radius 2 is 2.31 bits per heavy atom. The van der Waals surface area contributed by atoms with E-state index in [1.54, 1.807) is 4.90 Å². The topological polar surface area (TPSA) is 46.6 Å². The molecule has 1 fully saturated rings. The number of rotatable bonds is 3. The summed E-state index contributed by atoms with van der Waals surface area (Å²) < 4.78 is 4.69. The predicted octanol–water partition coefficient (Wildman–Crippen LogP) is 0.811. The molecule has 1 atom stereocenters. The molecule has 0 aromatic rings. The number of hydrogen-bond donors (Lipinski definition) is 0. The highest BCUT2D eigenvalue weighted by atomic mass is 16.5. The highest BCUT2D eigenvalue weighted by molar-refractivity contribution is 5.78. The number of ether oxygens (including phenoxy) is 1. The number of nitrogens with zero attached hydrogens (tertiary/aromatic N) is 1. The van der Waals surface area contributed by atoms with Crippen molar-refractivity contribution >= 4 is 11.9 Å². The SMILES string of the molecule is C#CCCC(=O)N1CCC[C@H](C(=O)OC)C1. The fourth-order valence-corrected chi connectivity index (χ4v) is 1.90. The number of piperidine rings is 1. The molecule has 0 spiro atoms. The van der Waals surface area contributed by atoms with Crippen molar-refractivity contribution in [2.75, 3.05) is 20.2 Å². The molecule has 0 bridgehead atoms. The molecule has 0 unspecified atom stereocenters. The van der Waals surface area contributed by atoms with Gasteiger partial charge in [0.2, 0.25) is 5.91 Å². The van der Waals surface area contributed by atoms with Crippen LogP contribution in [-0.4, -0.2) is 37.0 Å². The van der Waals surface area contributed by atoms with Crippen LogP contribution in [0.4, 0.5) is 0 Å². The first kappa shape index (κ1) is 12.6. The van der Waals surface area contributed by atoms with Crippen LogP contribution in [0.3, 0.4) is 0 Å². The first-order valence-corrected chi connectivity index (χ1v) is 5.48. The summed E-state index contributed by atoms with van der Waals surface area (Å²) in [5.74, 6) is 2.08. The van der Waals surface area contributed by atoms with E-state index in [-0.39, 0.29) is 17.8 Å². The fourth-order valence-electron chi connectivity index (χ4n) is 1.90. The van der Waals surface area contributed by atoms with Crippen LogP contribution in [0.1, 0.15) is 25.7 Å². The summed E-state index contributed by atoms with van der Waals surface area (Å²) in [6.07, 6.45) is 7.58. The minimum absolute atomic E-state index is 0.0338. The van der Waals surface area contributed by atoms with Gasteiger partial charge in [-0.25, -0.2) is 0 Å². The lowest BCUT2D eigenvalue weighted by molar-refractivity contribution is -0.148. The maximum atomic E-state index is 11.7. The molecule has 1 saturated heterocycles. The summed E-state index contributed by atoms with van der Waals surface area (Å²) in [5, 5.41) is 0. The van der Waals surface area contributed by atoms with Gasteiger partial charge in [0.25, 0.3) is 0 Å². The quantitative estimate of drug-likeness (QED) is 0.525. The standard InChI is InChI=1S/C12H17NO3/c1-3-4-7-11(14)13-8-5-6-10(9-13)12(15)16-2/h1,10H,4-9H2,2H3/t10-/m0/s1. The normalized spacial score (nSPS) is 20.0. The molecule has 4 heteroatoms. The molecule has 1 aliphatic heterocycles. The van der Waals surface area contributed by atoms with Crippen molar-refractivity contribution in [2.24, 2.45) is 5.92 Å². The van der Waals surface area contributed by atoms with E-state index >= 15 is 0 Å². The molecule has 0 aromatic carbocycles. The molecule has 0 N–H and O–H groups in total. The number of amides is 1. The van der Waals surface area contributed by atoms with E-state index in [2.05, 4.69) is 10.7 Å². The molecule has 0 saturated carbocycles. The van der Waals surface area contributed by atoms with Gasteiger partial charge in [0.15, 0.2) is 0 Å². The van der Waals surface area contributed by atoms with Crippen molar-refractivity contribution in [3.8, 4) is 12.3 Å². The summed E-state index contributed by atoms with van der Waals surface area (Å²) in [4.78, 5) is 24.8. The Morgan fingerprint density at radius 1 is 1.56 bits per heavy atom. The zero-order chi connectivity index (χ0) is 12.0. The largest absolute Gasteiger partial charge is 0.469 e. The van der Waals surface area contributed by atoms with Crippen LogP contribution < -0.4 is 0 Å². The van der Waals surface area contributed by atoms with Crippen LogP contribution in [0.5, 0.6) is 0 Å². The van der Waals surface area contributed by atoms with Crippen molar-refractivity contribution in [3.05, 3.63) is 0 Å². The van der Waals surface area contributed by atoms with Gasteiger partial charge < -0.3 is 9.64 Å². The second-order valence-electron chi connectivity index (χ2n) is 3.91. The van der Waals surface area contributed by atoms with Gasteiger partial charge in [0.1, 0.15) is 0 Å². The molecule has 1 heterocycles. The van der Waals surface area contributed by atoms with Crippen LogP contribution in [0.2, 0.25) is 0 Å². The molecule has 0 radical (unpaired) electrons. The molecular formula is C12H17NO3. The third-order valence-corrected chi connectivity index (χ3v) is 2.79. The molecule has 16 heavy (non-hydrogen) atoms. The lowest BCUT2D eigenvalue weighted by atomic mass is 9.98. The van der Waals surface area contributed by atoms with E-state index in [9.17, 15) is 9.59 Å².